The molecule has 0 bridgehead atoms. The highest BCUT2D eigenvalue weighted by atomic mass is 32.2. The van der Waals surface area contributed by atoms with Gasteiger partial charge >= 0.3 is 6.03 Å². The van der Waals surface area contributed by atoms with E-state index in [2.05, 4.69) is 16.0 Å². The Bertz CT molecular complexity index is 444. The molecular weight excluding hydrogens is 340 g/mol. The summed E-state index contributed by atoms with van der Waals surface area (Å²) < 4.78 is 0. The minimum atomic E-state index is -0.592. The van der Waals surface area contributed by atoms with E-state index in [4.69, 9.17) is 5.73 Å². The van der Waals surface area contributed by atoms with Gasteiger partial charge in [0, 0.05) is 12.6 Å². The fourth-order valence-corrected chi connectivity index (χ4v) is 2.79. The Morgan fingerprint density at radius 2 is 1.68 bits per heavy atom. The van der Waals surface area contributed by atoms with E-state index in [9.17, 15) is 14.4 Å². The first-order valence-electron chi connectivity index (χ1n) is 8.76. The van der Waals surface area contributed by atoms with Crippen LogP contribution in [0.1, 0.15) is 47.5 Å². The molecule has 0 radical (unpaired) electrons. The first-order valence-corrected chi connectivity index (χ1v) is 10.0. The van der Waals surface area contributed by atoms with Crippen LogP contribution in [0.5, 0.6) is 0 Å². The van der Waals surface area contributed by atoms with E-state index in [1.165, 1.54) is 11.8 Å². The lowest BCUT2D eigenvalue weighted by Crippen LogP contribution is -2.54. The number of hydrogen-bond donors (Lipinski definition) is 4. The molecule has 0 saturated carbocycles. The van der Waals surface area contributed by atoms with Crippen LogP contribution >= 0.6 is 11.8 Å². The summed E-state index contributed by atoms with van der Waals surface area (Å²) in [6.07, 6.45) is 2.89. The minimum Gasteiger partial charge on any atom is -0.352 e. The lowest BCUT2D eigenvalue weighted by molar-refractivity contribution is -0.129. The molecule has 7 nitrogen and oxygen atoms in total. The zero-order valence-electron chi connectivity index (χ0n) is 16.2. The number of rotatable bonds is 12. The molecule has 3 unspecified atom stereocenters. The summed E-state index contributed by atoms with van der Waals surface area (Å²) in [6.45, 7) is 10.1. The van der Waals surface area contributed by atoms with Crippen LogP contribution in [0.2, 0.25) is 0 Å². The van der Waals surface area contributed by atoms with Crippen molar-refractivity contribution in [2.45, 2.75) is 70.8 Å². The predicted molar refractivity (Wildman–Crippen MR) is 104 cm³/mol. The van der Waals surface area contributed by atoms with E-state index in [-0.39, 0.29) is 34.9 Å². The number of nitrogens with two attached hydrogens (primary N) is 1. The zero-order valence-corrected chi connectivity index (χ0v) is 17.0. The van der Waals surface area contributed by atoms with E-state index in [0.29, 0.717) is 19.4 Å². The number of primary amides is 1. The molecule has 0 aliphatic heterocycles. The quantitative estimate of drug-likeness (QED) is 0.384. The number of carbonyl (C=O) groups is 3. The highest BCUT2D eigenvalue weighted by molar-refractivity contribution is 7.99. The van der Waals surface area contributed by atoms with E-state index >= 15 is 0 Å². The van der Waals surface area contributed by atoms with Gasteiger partial charge in [-0.05, 0) is 31.9 Å². The molecule has 3 atom stereocenters. The molecule has 8 heteroatoms. The van der Waals surface area contributed by atoms with Gasteiger partial charge in [-0.2, -0.15) is 11.8 Å². The first kappa shape index (κ1) is 23.7. The number of amides is 3. The number of thioether (sulfide) groups is 1. The number of hydrogen-bond acceptors (Lipinski definition) is 5. The molecule has 0 fully saturated rings. The average Bonchev–Trinajstić information content (AvgIpc) is 2.52. The molecule has 0 aromatic carbocycles. The number of Topliss-reactive ketones (excluding diaryl/α,β-unsaturated/α-hetero) is 1. The maximum atomic E-state index is 12.7. The van der Waals surface area contributed by atoms with Crippen molar-refractivity contribution in [1.82, 2.24) is 16.0 Å². The highest BCUT2D eigenvalue weighted by Gasteiger charge is 2.29. The van der Waals surface area contributed by atoms with Crippen molar-refractivity contribution >= 4 is 29.5 Å². The zero-order chi connectivity index (χ0) is 19.6. The van der Waals surface area contributed by atoms with Gasteiger partial charge in [-0.1, -0.05) is 27.7 Å². The van der Waals surface area contributed by atoms with E-state index < -0.39 is 12.1 Å². The molecule has 0 aliphatic rings. The van der Waals surface area contributed by atoms with Gasteiger partial charge in [0.2, 0.25) is 5.91 Å². The molecule has 0 saturated heterocycles. The smallest absolute Gasteiger partial charge is 0.312 e. The summed E-state index contributed by atoms with van der Waals surface area (Å²) >= 11 is 1.45. The Morgan fingerprint density at radius 3 is 2.12 bits per heavy atom. The van der Waals surface area contributed by atoms with Gasteiger partial charge in [0.15, 0.2) is 5.78 Å². The number of ketones is 1. The summed E-state index contributed by atoms with van der Waals surface area (Å²) in [5, 5.41) is 8.44. The van der Waals surface area contributed by atoms with Crippen molar-refractivity contribution in [2.75, 3.05) is 12.8 Å². The average molecular weight is 375 g/mol. The van der Waals surface area contributed by atoms with Gasteiger partial charge in [0.05, 0.1) is 17.3 Å². The van der Waals surface area contributed by atoms with Crippen molar-refractivity contribution in [3.63, 3.8) is 0 Å². The van der Waals surface area contributed by atoms with Crippen molar-refractivity contribution < 1.29 is 14.4 Å². The number of urea groups is 1. The summed E-state index contributed by atoms with van der Waals surface area (Å²) in [7, 11) is 0. The normalized spacial score (nSPS) is 14.9. The van der Waals surface area contributed by atoms with Gasteiger partial charge in [0.1, 0.15) is 0 Å². The van der Waals surface area contributed by atoms with Crippen molar-refractivity contribution in [3.05, 3.63) is 0 Å². The van der Waals surface area contributed by atoms with Crippen LogP contribution in [0.4, 0.5) is 4.79 Å². The van der Waals surface area contributed by atoms with Crippen LogP contribution in [-0.2, 0) is 9.59 Å². The third-order valence-corrected chi connectivity index (χ3v) is 4.78. The first-order chi connectivity index (χ1) is 11.6. The Hall–Kier alpha value is -1.28. The SMILES string of the molecule is CSC(C)C(=O)C(CCCNC(N)=O)NC(=O)C(NC(C)C)C(C)C. The van der Waals surface area contributed by atoms with Crippen molar-refractivity contribution in [2.24, 2.45) is 11.7 Å². The van der Waals surface area contributed by atoms with Crippen LogP contribution in [-0.4, -0.2) is 53.9 Å². The Labute approximate surface area is 155 Å². The lowest BCUT2D eigenvalue weighted by Gasteiger charge is -2.27. The molecule has 0 spiro atoms. The number of carbonyl (C=O) groups excluding carboxylic acids is 3. The standard InChI is InChI=1S/C17H34N4O3S/c1-10(2)14(20-11(3)4)16(23)21-13(15(22)12(5)25-6)8-7-9-19-17(18)24/h10-14,20H,7-9H2,1-6H3,(H,21,23)(H3,18,19,24). The van der Waals surface area contributed by atoms with Crippen LogP contribution in [0.3, 0.4) is 0 Å². The summed E-state index contributed by atoms with van der Waals surface area (Å²) in [6, 6.07) is -1.36. The largest absolute Gasteiger partial charge is 0.352 e. The Kier molecular flexibility index (Phi) is 11.5. The van der Waals surface area contributed by atoms with Crippen LogP contribution in [0.15, 0.2) is 0 Å². The molecule has 0 aromatic rings. The second-order valence-corrected chi connectivity index (χ2v) is 8.00. The lowest BCUT2D eigenvalue weighted by atomic mass is 9.99. The molecule has 25 heavy (non-hydrogen) atoms. The van der Waals surface area contributed by atoms with Gasteiger partial charge in [-0.25, -0.2) is 4.79 Å². The summed E-state index contributed by atoms with van der Waals surface area (Å²) in [5.41, 5.74) is 5.04. The second kappa shape index (κ2) is 12.1. The molecule has 146 valence electrons. The van der Waals surface area contributed by atoms with Crippen LogP contribution < -0.4 is 21.7 Å². The van der Waals surface area contributed by atoms with Gasteiger partial charge < -0.3 is 21.7 Å². The summed E-state index contributed by atoms with van der Waals surface area (Å²) in [5.74, 6) is -0.0714. The highest BCUT2D eigenvalue weighted by Crippen LogP contribution is 2.13. The van der Waals surface area contributed by atoms with Gasteiger partial charge in [-0.3, -0.25) is 9.59 Å². The topological polar surface area (TPSA) is 113 Å². The molecule has 0 aromatic heterocycles. The maximum absolute atomic E-state index is 12.7. The second-order valence-electron chi connectivity index (χ2n) is 6.82. The van der Waals surface area contributed by atoms with Crippen LogP contribution in [0.25, 0.3) is 0 Å². The maximum Gasteiger partial charge on any atom is 0.312 e. The Morgan fingerprint density at radius 1 is 1.08 bits per heavy atom. The van der Waals surface area contributed by atoms with Crippen LogP contribution in [0, 0.1) is 5.92 Å². The van der Waals surface area contributed by atoms with Crippen molar-refractivity contribution in [3.8, 4) is 0 Å². The molecule has 3 amide bonds. The molecule has 0 aliphatic carbocycles. The third kappa shape index (κ3) is 9.69. The van der Waals surface area contributed by atoms with E-state index in [1.807, 2.05) is 40.9 Å². The van der Waals surface area contributed by atoms with Gasteiger partial charge in [0.25, 0.3) is 0 Å². The molecule has 5 N–H and O–H groups in total. The summed E-state index contributed by atoms with van der Waals surface area (Å²) in [4.78, 5) is 36.0. The monoisotopic (exact) mass is 374 g/mol. The minimum absolute atomic E-state index is 0.00743. The predicted octanol–water partition coefficient (Wildman–Crippen LogP) is 1.26. The molecule has 0 heterocycles. The fraction of sp³-hybridized carbons (Fsp3) is 0.824. The Balaban J connectivity index is 4.96. The van der Waals surface area contributed by atoms with E-state index in [1.54, 1.807) is 0 Å². The van der Waals surface area contributed by atoms with Crippen molar-refractivity contribution in [1.29, 1.82) is 0 Å². The van der Waals surface area contributed by atoms with E-state index in [0.717, 1.165) is 0 Å². The van der Waals surface area contributed by atoms with Gasteiger partial charge in [-0.15, -0.1) is 0 Å². The number of nitrogens with one attached hydrogen (secondary N) is 3. The fourth-order valence-electron chi connectivity index (χ4n) is 2.39. The molecule has 0 rings (SSSR count). The molecular formula is C17H34N4O3S. The third-order valence-electron chi connectivity index (χ3n) is 3.84.